The molecular weight excluding hydrogens is 435 g/mol. The number of carbonyl (C=O) groups excluding carboxylic acids is 2. The predicted molar refractivity (Wildman–Crippen MR) is 126 cm³/mol. The summed E-state index contributed by atoms with van der Waals surface area (Å²) in [6.07, 6.45) is 0. The van der Waals surface area contributed by atoms with E-state index in [9.17, 15) is 14.0 Å². The van der Waals surface area contributed by atoms with Crippen LogP contribution < -0.4 is 14.8 Å². The minimum absolute atomic E-state index is 0.124. The number of carbonyl (C=O) groups is 2. The maximum atomic E-state index is 13.3. The molecule has 34 heavy (non-hydrogen) atoms. The summed E-state index contributed by atoms with van der Waals surface area (Å²) in [6.45, 7) is 0.907. The number of likely N-dealkylation sites (tertiary alicyclic amines) is 1. The molecule has 7 heteroatoms. The van der Waals surface area contributed by atoms with Gasteiger partial charge in [-0.3, -0.25) is 9.59 Å². The van der Waals surface area contributed by atoms with E-state index in [1.165, 1.54) is 12.1 Å². The molecule has 1 aliphatic rings. The number of nitrogens with one attached hydrogen (secondary N) is 1. The van der Waals surface area contributed by atoms with Crippen LogP contribution in [-0.4, -0.2) is 44.0 Å². The van der Waals surface area contributed by atoms with E-state index < -0.39 is 5.92 Å². The van der Waals surface area contributed by atoms with E-state index in [0.717, 1.165) is 11.1 Å². The zero-order chi connectivity index (χ0) is 24.1. The van der Waals surface area contributed by atoms with E-state index in [4.69, 9.17) is 9.47 Å². The second-order valence-electron chi connectivity index (χ2n) is 8.22. The number of benzene rings is 3. The summed E-state index contributed by atoms with van der Waals surface area (Å²) in [5.74, 6) is -0.284. The van der Waals surface area contributed by atoms with Gasteiger partial charge in [-0.15, -0.1) is 0 Å². The number of ether oxygens (including phenoxy) is 2. The van der Waals surface area contributed by atoms with E-state index in [-0.39, 0.29) is 36.6 Å². The third-order valence-electron chi connectivity index (χ3n) is 6.18. The molecule has 3 aromatic rings. The molecule has 0 aromatic heterocycles. The van der Waals surface area contributed by atoms with Crippen molar-refractivity contribution in [2.75, 3.05) is 27.3 Å². The Morgan fingerprint density at radius 3 is 2.35 bits per heavy atom. The Morgan fingerprint density at radius 1 is 0.941 bits per heavy atom. The number of hydrogen-bond acceptors (Lipinski definition) is 4. The molecule has 0 unspecified atom stereocenters. The fraction of sp³-hybridized carbons (Fsp3) is 0.259. The molecule has 1 N–H and O–H groups in total. The largest absolute Gasteiger partial charge is 0.493 e. The van der Waals surface area contributed by atoms with Crippen LogP contribution >= 0.6 is 0 Å². The van der Waals surface area contributed by atoms with Crippen LogP contribution in [0.15, 0.2) is 72.8 Å². The Labute approximate surface area is 198 Å². The van der Waals surface area contributed by atoms with Crippen molar-refractivity contribution >= 4 is 11.8 Å². The molecule has 6 nitrogen and oxygen atoms in total. The maximum absolute atomic E-state index is 13.3. The smallest absolute Gasteiger partial charge is 0.253 e. The SMILES string of the molecule is COc1cccc([C@H]2CN(C(=O)c3ccccc3)C[C@@H]2C(=O)NCc2ccc(F)cc2)c1OC. The molecule has 1 aliphatic heterocycles. The van der Waals surface area contributed by atoms with E-state index in [2.05, 4.69) is 5.32 Å². The third-order valence-corrected chi connectivity index (χ3v) is 6.18. The molecule has 2 atom stereocenters. The standard InChI is InChI=1S/C27H27FN2O4/c1-33-24-10-6-9-21(25(24)34-2)22-16-30(27(32)19-7-4-3-5-8-19)17-23(22)26(31)29-15-18-11-13-20(28)14-12-18/h3-14,22-23H,15-17H2,1-2H3,(H,29,31)/t22-,23+/m1/s1. The van der Waals surface area contributed by atoms with Crippen molar-refractivity contribution < 1.29 is 23.5 Å². The van der Waals surface area contributed by atoms with Crippen molar-refractivity contribution in [2.45, 2.75) is 12.5 Å². The average molecular weight is 463 g/mol. The lowest BCUT2D eigenvalue weighted by Crippen LogP contribution is -2.35. The monoisotopic (exact) mass is 462 g/mol. The summed E-state index contributed by atoms with van der Waals surface area (Å²) in [4.78, 5) is 28.2. The Kier molecular flexibility index (Phi) is 7.11. The van der Waals surface area contributed by atoms with Crippen molar-refractivity contribution in [1.29, 1.82) is 0 Å². The van der Waals surface area contributed by atoms with Gasteiger partial charge in [0.25, 0.3) is 5.91 Å². The first-order valence-corrected chi connectivity index (χ1v) is 11.1. The number of halogens is 1. The quantitative estimate of drug-likeness (QED) is 0.576. The minimum atomic E-state index is -0.492. The molecular formula is C27H27FN2O4. The number of para-hydroxylation sites is 1. The number of methoxy groups -OCH3 is 2. The molecule has 0 aliphatic carbocycles. The van der Waals surface area contributed by atoms with Crippen LogP contribution in [0.5, 0.6) is 11.5 Å². The van der Waals surface area contributed by atoms with Crippen LogP contribution in [0, 0.1) is 11.7 Å². The second-order valence-corrected chi connectivity index (χ2v) is 8.22. The van der Waals surface area contributed by atoms with Crippen molar-refractivity contribution in [3.8, 4) is 11.5 Å². The number of amides is 2. The lowest BCUT2D eigenvalue weighted by Gasteiger charge is -2.21. The maximum Gasteiger partial charge on any atom is 0.253 e. The molecule has 1 saturated heterocycles. The topological polar surface area (TPSA) is 67.9 Å². The predicted octanol–water partition coefficient (Wildman–Crippen LogP) is 4.02. The molecule has 3 aromatic carbocycles. The summed E-state index contributed by atoms with van der Waals surface area (Å²) in [5.41, 5.74) is 2.18. The second kappa shape index (κ2) is 10.4. The lowest BCUT2D eigenvalue weighted by atomic mass is 9.87. The summed E-state index contributed by atoms with van der Waals surface area (Å²) < 4.78 is 24.3. The summed E-state index contributed by atoms with van der Waals surface area (Å²) in [6, 6.07) is 20.6. The highest BCUT2D eigenvalue weighted by Gasteiger charge is 2.42. The fourth-order valence-electron chi connectivity index (χ4n) is 4.44. The van der Waals surface area contributed by atoms with E-state index in [1.54, 1.807) is 49.5 Å². The first kappa shape index (κ1) is 23.3. The van der Waals surface area contributed by atoms with Crippen LogP contribution in [0.25, 0.3) is 0 Å². The van der Waals surface area contributed by atoms with Crippen molar-refractivity contribution in [1.82, 2.24) is 10.2 Å². The van der Waals surface area contributed by atoms with Gasteiger partial charge in [0.1, 0.15) is 5.82 Å². The summed E-state index contributed by atoms with van der Waals surface area (Å²) in [5, 5.41) is 2.95. The van der Waals surface area contributed by atoms with Gasteiger partial charge in [0.15, 0.2) is 11.5 Å². The van der Waals surface area contributed by atoms with E-state index in [0.29, 0.717) is 23.6 Å². The fourth-order valence-corrected chi connectivity index (χ4v) is 4.44. The minimum Gasteiger partial charge on any atom is -0.493 e. The highest BCUT2D eigenvalue weighted by Crippen LogP contribution is 2.42. The first-order valence-electron chi connectivity index (χ1n) is 11.1. The number of nitrogens with zero attached hydrogens (tertiary/aromatic N) is 1. The highest BCUT2D eigenvalue weighted by atomic mass is 19.1. The molecule has 0 radical (unpaired) electrons. The zero-order valence-corrected chi connectivity index (χ0v) is 19.2. The van der Waals surface area contributed by atoms with Crippen molar-refractivity contribution in [3.05, 3.63) is 95.3 Å². The molecule has 4 rings (SSSR count). The number of rotatable bonds is 7. The molecule has 0 spiro atoms. The van der Waals surface area contributed by atoms with Crippen molar-refractivity contribution in [2.24, 2.45) is 5.92 Å². The van der Waals surface area contributed by atoms with Gasteiger partial charge in [-0.2, -0.15) is 0 Å². The molecule has 2 amide bonds. The van der Waals surface area contributed by atoms with Gasteiger partial charge in [0, 0.05) is 36.7 Å². The Balaban J connectivity index is 1.61. The van der Waals surface area contributed by atoms with Gasteiger partial charge in [-0.1, -0.05) is 42.5 Å². The van der Waals surface area contributed by atoms with Gasteiger partial charge in [-0.05, 0) is 35.9 Å². The van der Waals surface area contributed by atoms with Crippen LogP contribution in [-0.2, 0) is 11.3 Å². The molecule has 1 heterocycles. The Morgan fingerprint density at radius 2 is 1.68 bits per heavy atom. The third kappa shape index (κ3) is 4.88. The van der Waals surface area contributed by atoms with Crippen molar-refractivity contribution in [3.63, 3.8) is 0 Å². The molecule has 1 fully saturated rings. The highest BCUT2D eigenvalue weighted by molar-refractivity contribution is 5.95. The van der Waals surface area contributed by atoms with Gasteiger partial charge in [0.05, 0.1) is 20.1 Å². The van der Waals surface area contributed by atoms with Crippen LogP contribution in [0.4, 0.5) is 4.39 Å². The van der Waals surface area contributed by atoms with Crippen LogP contribution in [0.2, 0.25) is 0 Å². The van der Waals surface area contributed by atoms with Gasteiger partial charge in [0.2, 0.25) is 5.91 Å². The van der Waals surface area contributed by atoms with E-state index in [1.807, 2.05) is 30.3 Å². The Hall–Kier alpha value is -3.87. The average Bonchev–Trinajstić information content (AvgIpc) is 3.33. The van der Waals surface area contributed by atoms with Gasteiger partial charge < -0.3 is 19.7 Å². The van der Waals surface area contributed by atoms with Gasteiger partial charge >= 0.3 is 0 Å². The van der Waals surface area contributed by atoms with Gasteiger partial charge in [-0.25, -0.2) is 4.39 Å². The summed E-state index contributed by atoms with van der Waals surface area (Å²) in [7, 11) is 3.13. The van der Waals surface area contributed by atoms with Crippen LogP contribution in [0.1, 0.15) is 27.4 Å². The first-order chi connectivity index (χ1) is 16.5. The molecule has 0 bridgehead atoms. The van der Waals surface area contributed by atoms with E-state index >= 15 is 0 Å². The summed E-state index contributed by atoms with van der Waals surface area (Å²) >= 11 is 0. The Bertz CT molecular complexity index is 1150. The lowest BCUT2D eigenvalue weighted by molar-refractivity contribution is -0.125. The molecule has 0 saturated carbocycles. The zero-order valence-electron chi connectivity index (χ0n) is 19.2. The normalized spacial score (nSPS) is 17.3. The number of hydrogen-bond donors (Lipinski definition) is 1. The molecule has 176 valence electrons. The van der Waals surface area contributed by atoms with Crippen LogP contribution in [0.3, 0.4) is 0 Å².